The van der Waals surface area contributed by atoms with E-state index < -0.39 is 0 Å². The molecule has 104 valence electrons. The second-order valence-corrected chi connectivity index (χ2v) is 7.06. The van der Waals surface area contributed by atoms with Gasteiger partial charge in [-0.25, -0.2) is 0 Å². The summed E-state index contributed by atoms with van der Waals surface area (Å²) in [5.74, 6) is 0.272. The number of hydrogen-bond acceptors (Lipinski definition) is 2. The van der Waals surface area contributed by atoms with Gasteiger partial charge in [-0.15, -0.1) is 0 Å². The van der Waals surface area contributed by atoms with Crippen LogP contribution >= 0.6 is 22.6 Å². The maximum Gasteiger partial charge on any atom is 0.223 e. The van der Waals surface area contributed by atoms with Gasteiger partial charge in [-0.05, 0) is 78.0 Å². The van der Waals surface area contributed by atoms with Crippen LogP contribution in [0.25, 0.3) is 11.0 Å². The molecule has 0 aliphatic heterocycles. The molecule has 1 amide bonds. The van der Waals surface area contributed by atoms with Crippen molar-refractivity contribution >= 4 is 39.5 Å². The zero-order chi connectivity index (χ0) is 13.7. The first kappa shape index (κ1) is 12.7. The van der Waals surface area contributed by atoms with Gasteiger partial charge in [-0.3, -0.25) is 4.79 Å². The molecular weight excluding hydrogens is 365 g/mol. The molecule has 3 nitrogen and oxygen atoms in total. The van der Waals surface area contributed by atoms with Gasteiger partial charge in [0.1, 0.15) is 5.58 Å². The molecule has 1 heterocycles. The predicted octanol–water partition coefficient (Wildman–Crippen LogP) is 3.42. The van der Waals surface area contributed by atoms with E-state index in [1.807, 2.05) is 12.3 Å². The van der Waals surface area contributed by atoms with Gasteiger partial charge in [0.25, 0.3) is 0 Å². The monoisotopic (exact) mass is 381 g/mol. The van der Waals surface area contributed by atoms with E-state index in [9.17, 15) is 4.79 Å². The first-order chi connectivity index (χ1) is 9.72. The molecule has 0 radical (unpaired) electrons. The molecule has 1 fully saturated rings. The molecule has 2 aliphatic rings. The molecule has 0 saturated heterocycles. The van der Waals surface area contributed by atoms with E-state index in [1.165, 1.54) is 26.5 Å². The Morgan fingerprint density at radius 3 is 2.90 bits per heavy atom. The van der Waals surface area contributed by atoms with Gasteiger partial charge >= 0.3 is 0 Å². The Labute approximate surface area is 131 Å². The molecule has 1 N–H and O–H groups in total. The first-order valence-electron chi connectivity index (χ1n) is 7.20. The highest BCUT2D eigenvalue weighted by Crippen LogP contribution is 2.36. The molecule has 1 unspecified atom stereocenters. The minimum Gasteiger partial charge on any atom is -0.464 e. The average molecular weight is 381 g/mol. The van der Waals surface area contributed by atoms with E-state index in [0.29, 0.717) is 6.04 Å². The summed E-state index contributed by atoms with van der Waals surface area (Å²) < 4.78 is 6.86. The van der Waals surface area contributed by atoms with Gasteiger partial charge in [0.2, 0.25) is 5.91 Å². The maximum absolute atomic E-state index is 12.4. The maximum atomic E-state index is 12.4. The van der Waals surface area contributed by atoms with E-state index in [1.54, 1.807) is 0 Å². The lowest BCUT2D eigenvalue weighted by atomic mass is 9.83. The van der Waals surface area contributed by atoms with Crippen LogP contribution in [0.3, 0.4) is 0 Å². The molecule has 2 aromatic rings. The van der Waals surface area contributed by atoms with E-state index in [-0.39, 0.29) is 11.8 Å². The molecule has 20 heavy (non-hydrogen) atoms. The Morgan fingerprint density at radius 1 is 1.30 bits per heavy atom. The highest BCUT2D eigenvalue weighted by Gasteiger charge is 2.31. The van der Waals surface area contributed by atoms with Crippen molar-refractivity contribution in [3.63, 3.8) is 0 Å². The number of nitrogens with one attached hydrogen (secondary N) is 1. The average Bonchev–Trinajstić information content (AvgIpc) is 2.82. The molecule has 2 aliphatic carbocycles. The molecule has 4 heteroatoms. The Bertz CT molecular complexity index is 687. The summed E-state index contributed by atoms with van der Waals surface area (Å²) in [6, 6.07) is 4.53. The number of rotatable bonds is 2. The largest absolute Gasteiger partial charge is 0.464 e. The standard InChI is InChI=1S/C16H16INO2/c17-13-4-5-14-15-10(8-20-14)6-9(7-12(13)15)16(19)18-11-2-1-3-11/h4-5,8-9,11H,1-3,6-7H2,(H,18,19). The zero-order valence-corrected chi connectivity index (χ0v) is 13.3. The van der Waals surface area contributed by atoms with Crippen molar-refractivity contribution < 1.29 is 9.21 Å². The Kier molecular flexibility index (Phi) is 3.02. The highest BCUT2D eigenvalue weighted by atomic mass is 127. The van der Waals surface area contributed by atoms with Gasteiger partial charge in [0.15, 0.2) is 0 Å². The lowest BCUT2D eigenvalue weighted by Crippen LogP contribution is -2.44. The molecule has 4 rings (SSSR count). The summed E-state index contributed by atoms with van der Waals surface area (Å²) in [6.45, 7) is 0. The van der Waals surface area contributed by atoms with Gasteiger partial charge in [-0.2, -0.15) is 0 Å². The number of benzene rings is 1. The molecule has 1 aromatic carbocycles. The smallest absolute Gasteiger partial charge is 0.223 e. The Morgan fingerprint density at radius 2 is 2.15 bits per heavy atom. The Hall–Kier alpha value is -1.04. The number of furan rings is 1. The van der Waals surface area contributed by atoms with Crippen molar-refractivity contribution in [2.45, 2.75) is 38.1 Å². The summed E-state index contributed by atoms with van der Waals surface area (Å²) in [5.41, 5.74) is 3.42. The van der Waals surface area contributed by atoms with Crippen LogP contribution < -0.4 is 5.32 Å². The molecule has 0 bridgehead atoms. The molecule has 1 saturated carbocycles. The number of carbonyl (C=O) groups is 1. The normalized spacial score (nSPS) is 21.8. The minimum atomic E-state index is 0.0554. The van der Waals surface area contributed by atoms with E-state index in [2.05, 4.69) is 34.0 Å². The molecule has 1 atom stereocenters. The van der Waals surface area contributed by atoms with Crippen LogP contribution in [0.2, 0.25) is 0 Å². The van der Waals surface area contributed by atoms with E-state index in [4.69, 9.17) is 4.42 Å². The van der Waals surface area contributed by atoms with Crippen LogP contribution in [0.1, 0.15) is 30.4 Å². The second kappa shape index (κ2) is 4.76. The van der Waals surface area contributed by atoms with Crippen LogP contribution in [0.4, 0.5) is 0 Å². The van der Waals surface area contributed by atoms with Crippen LogP contribution in [0.5, 0.6) is 0 Å². The summed E-state index contributed by atoms with van der Waals surface area (Å²) in [6.07, 6.45) is 7.00. The highest BCUT2D eigenvalue weighted by molar-refractivity contribution is 14.1. The fourth-order valence-electron chi connectivity index (χ4n) is 3.24. The summed E-state index contributed by atoms with van der Waals surface area (Å²) in [4.78, 5) is 12.4. The third kappa shape index (κ3) is 1.96. The van der Waals surface area contributed by atoms with Crippen LogP contribution in [0.15, 0.2) is 22.8 Å². The van der Waals surface area contributed by atoms with E-state index >= 15 is 0 Å². The lowest BCUT2D eigenvalue weighted by molar-refractivity contribution is -0.126. The van der Waals surface area contributed by atoms with E-state index in [0.717, 1.165) is 31.3 Å². The van der Waals surface area contributed by atoms with Gasteiger partial charge in [0, 0.05) is 20.9 Å². The Balaban J connectivity index is 1.64. The topological polar surface area (TPSA) is 42.2 Å². The molecule has 0 spiro atoms. The van der Waals surface area contributed by atoms with Crippen molar-refractivity contribution in [1.29, 1.82) is 0 Å². The van der Waals surface area contributed by atoms with Crippen LogP contribution in [-0.4, -0.2) is 11.9 Å². The third-order valence-corrected chi connectivity index (χ3v) is 5.62. The van der Waals surface area contributed by atoms with Gasteiger partial charge in [-0.1, -0.05) is 0 Å². The minimum absolute atomic E-state index is 0.0554. The number of carbonyl (C=O) groups excluding carboxylic acids is 1. The predicted molar refractivity (Wildman–Crippen MR) is 85.6 cm³/mol. The third-order valence-electron chi connectivity index (χ3n) is 4.61. The number of halogens is 1. The SMILES string of the molecule is O=C(NC1CCC1)C1Cc2coc3ccc(I)c(c23)C1. The van der Waals surface area contributed by atoms with Gasteiger partial charge in [0.05, 0.1) is 6.26 Å². The lowest BCUT2D eigenvalue weighted by Gasteiger charge is -2.30. The van der Waals surface area contributed by atoms with Crippen molar-refractivity contribution in [3.05, 3.63) is 33.1 Å². The van der Waals surface area contributed by atoms with Crippen LogP contribution in [0, 0.1) is 9.49 Å². The molecular formula is C16H16INO2. The van der Waals surface area contributed by atoms with Gasteiger partial charge < -0.3 is 9.73 Å². The second-order valence-electron chi connectivity index (χ2n) is 5.90. The zero-order valence-electron chi connectivity index (χ0n) is 11.1. The number of amides is 1. The van der Waals surface area contributed by atoms with Crippen molar-refractivity contribution in [3.8, 4) is 0 Å². The number of hydrogen-bond donors (Lipinski definition) is 1. The summed E-state index contributed by atoms with van der Waals surface area (Å²) >= 11 is 2.36. The molecule has 1 aromatic heterocycles. The van der Waals surface area contributed by atoms with Crippen molar-refractivity contribution in [2.24, 2.45) is 5.92 Å². The quantitative estimate of drug-likeness (QED) is 0.811. The fraction of sp³-hybridized carbons (Fsp3) is 0.438. The first-order valence-corrected chi connectivity index (χ1v) is 8.28. The summed E-state index contributed by atoms with van der Waals surface area (Å²) in [7, 11) is 0. The fourth-order valence-corrected chi connectivity index (χ4v) is 3.91. The van der Waals surface area contributed by atoms with Crippen LogP contribution in [-0.2, 0) is 17.6 Å². The summed E-state index contributed by atoms with van der Waals surface area (Å²) in [5, 5.41) is 4.43. The van der Waals surface area contributed by atoms with Crippen molar-refractivity contribution in [2.75, 3.05) is 0 Å². The van der Waals surface area contributed by atoms with Crippen molar-refractivity contribution in [1.82, 2.24) is 5.32 Å².